The second-order valence-electron chi connectivity index (χ2n) is 26.3. The van der Waals surface area contributed by atoms with Crippen molar-refractivity contribution < 1.29 is 158 Å². The number of likely N-dealkylation sites (tertiary alicyclic amines) is 1. The number of aromatic nitrogens is 2. The third-order valence-electron chi connectivity index (χ3n) is 16.9. The van der Waals surface area contributed by atoms with Crippen LogP contribution in [0.25, 0.3) is 11.1 Å². The summed E-state index contributed by atoms with van der Waals surface area (Å²) in [6.07, 6.45) is 2.91. The number of hydrogen-bond donors (Lipinski definition) is 10. The van der Waals surface area contributed by atoms with Crippen molar-refractivity contribution in [1.29, 1.82) is 0 Å². The van der Waals surface area contributed by atoms with Crippen LogP contribution in [0.15, 0.2) is 125 Å². The molecule has 2 aliphatic heterocycles. The van der Waals surface area contributed by atoms with Crippen LogP contribution in [0.2, 0.25) is 0 Å². The summed E-state index contributed by atoms with van der Waals surface area (Å²) < 4.78 is 106. The quantitative estimate of drug-likeness (QED) is 0.0187. The van der Waals surface area contributed by atoms with Crippen LogP contribution in [0.1, 0.15) is 103 Å². The molecule has 39 heteroatoms. The number of carboxylic acid groups (broad SMARTS) is 2. The van der Waals surface area contributed by atoms with Gasteiger partial charge in [0.05, 0.1) is 85.0 Å². The van der Waals surface area contributed by atoms with Crippen LogP contribution in [0, 0.1) is 17.6 Å². The minimum atomic E-state index is -4.21. The van der Waals surface area contributed by atoms with Gasteiger partial charge in [-0.15, -0.1) is 0 Å². The Morgan fingerprint density at radius 3 is 2.04 bits per heavy atom. The first kappa shape index (κ1) is 92.7. The van der Waals surface area contributed by atoms with Gasteiger partial charge in [0.2, 0.25) is 23.6 Å². The molecular weight excluding hydrogens is 1540 g/mol. The molecule has 2 aliphatic rings. The van der Waals surface area contributed by atoms with Gasteiger partial charge in [0.25, 0.3) is 15.9 Å². The average molecular weight is 1630 g/mol. The van der Waals surface area contributed by atoms with Crippen molar-refractivity contribution in [3.05, 3.63) is 138 Å². The Hall–Kier alpha value is -9.15. The molecule has 4 bridgehead atoms. The van der Waals surface area contributed by atoms with Crippen molar-refractivity contribution in [2.75, 3.05) is 98.1 Å². The second kappa shape index (κ2) is 45.7. The molecule has 0 radical (unpaired) electrons. The number of nitrogens with one attached hydrogen (secondary N) is 10. The molecule has 2 aromatic heterocycles. The third kappa shape index (κ3) is 30.6. The van der Waals surface area contributed by atoms with Crippen molar-refractivity contribution >= 4 is 108 Å². The van der Waals surface area contributed by atoms with Crippen LogP contribution in [-0.4, -0.2) is 178 Å². The van der Waals surface area contributed by atoms with Gasteiger partial charge in [0, 0.05) is 103 Å². The van der Waals surface area contributed by atoms with Crippen LogP contribution in [0.5, 0.6) is 11.6 Å². The number of aliphatic carboxylic acids is 2. The largest absolute Gasteiger partial charge is 1.00 e. The summed E-state index contributed by atoms with van der Waals surface area (Å²) in [6, 6.07) is 18.3. The number of urea groups is 3. The Morgan fingerprint density at radius 1 is 0.690 bits per heavy atom. The van der Waals surface area contributed by atoms with Gasteiger partial charge in [-0.3, -0.25) is 23.9 Å². The van der Waals surface area contributed by atoms with Crippen molar-refractivity contribution in [3.63, 3.8) is 0 Å². The molecule has 598 valence electrons. The van der Waals surface area contributed by atoms with E-state index in [0.29, 0.717) is 55.5 Å². The molecule has 0 aliphatic carbocycles. The van der Waals surface area contributed by atoms with Gasteiger partial charge in [-0.25, -0.2) is 40.8 Å². The van der Waals surface area contributed by atoms with Gasteiger partial charge in [-0.1, -0.05) is 39.0 Å². The average Bonchev–Trinajstić information content (AvgIpc) is 1.78. The first-order valence-corrected chi connectivity index (χ1v) is 39.4. The molecule has 0 saturated carbocycles. The van der Waals surface area contributed by atoms with Crippen LogP contribution in [0.4, 0.5) is 57.5 Å². The Morgan fingerprint density at radius 2 is 1.35 bits per heavy atom. The molecule has 4 heterocycles. The molecule has 8 rings (SSSR count). The zero-order chi connectivity index (χ0) is 80.2. The number of carbonyl (C=O) groups is 9. The molecular formula is C74H90F2N14Na2O19S2. The fourth-order valence-corrected chi connectivity index (χ4v) is 14.0. The van der Waals surface area contributed by atoms with E-state index in [1.165, 1.54) is 109 Å². The van der Waals surface area contributed by atoms with Gasteiger partial charge >= 0.3 is 77.2 Å². The Balaban J connectivity index is 0.00000995. The minimum absolute atomic E-state index is 0. The number of halogens is 2. The number of benzene rings is 4. The standard InChI is InChI=1S/C74H92F2N14O19S2.2Na/c1-6-25-77-72(99)82-52-14-10-16-54(39-52)111(103,104)88-53-15-9-13-48(37-53)58(41-66(92)93)84-74(101)81-51-21-19-50(20-22-51)80-73(100)78-26-30-106-32-34-107-33-31-105-29-24-64(91)83-59(42-67(94)95)71(98)90-27-11-17-60(90)69(96)87-68(45(2)3)70(97)89-110(5,102)44-47-35-63-85-62-40-56(57(76)43-79-62)55-23-18-49(75)38-61(55)108-28-8-7-12-46(4)109-65(36-47)86-63;;/h9-10,13-16,18-23,35-40,43,45-46,58-60,68,88H,6-8,11-12,17,24-34,41-42,44H2,1-5H3,(H,83,91)(H,87,96)(H,92,93)(H,94,95)(H2,77,82,99)(H2,78,80,100)(H,79,85,86)(H2,81,84,101);;/q;2*+1/p-2/t46-,58+,59-,60-,68-,110+;;/m0../s1. The fourth-order valence-electron chi connectivity index (χ4n) is 11.6. The zero-order valence-corrected chi connectivity index (χ0v) is 69.3. The summed E-state index contributed by atoms with van der Waals surface area (Å²) in [5.41, 5.74) is 1.88. The molecule has 113 heavy (non-hydrogen) atoms. The number of nitrogens with zero attached hydrogens (tertiary/aromatic N) is 4. The van der Waals surface area contributed by atoms with E-state index in [4.69, 9.17) is 23.7 Å². The molecule has 0 unspecified atom stereocenters. The number of rotatable bonds is 34. The minimum Gasteiger partial charge on any atom is -0.550 e. The van der Waals surface area contributed by atoms with Crippen molar-refractivity contribution in [2.45, 2.75) is 126 Å². The van der Waals surface area contributed by atoms with Gasteiger partial charge in [0.1, 0.15) is 47.1 Å². The van der Waals surface area contributed by atoms with E-state index in [1.54, 1.807) is 19.9 Å². The fraction of sp³-hybridized carbons (Fsp3) is 0.419. The van der Waals surface area contributed by atoms with Gasteiger partial charge < -0.3 is 96.2 Å². The van der Waals surface area contributed by atoms with Crippen molar-refractivity contribution in [2.24, 2.45) is 10.3 Å². The molecule has 1 saturated heterocycles. The van der Waals surface area contributed by atoms with Crippen LogP contribution >= 0.6 is 0 Å². The van der Waals surface area contributed by atoms with Gasteiger partial charge in [-0.2, -0.15) is 9.35 Å². The van der Waals surface area contributed by atoms with Crippen LogP contribution < -0.4 is 131 Å². The molecule has 6 aromatic rings. The summed E-state index contributed by atoms with van der Waals surface area (Å²) in [5, 5.41) is 47.4. The number of hydrogen-bond acceptors (Lipinski definition) is 22. The molecule has 4 aromatic carbocycles. The SMILES string of the molecule is CCCNC(=O)Nc1cccc(S(=O)(=O)Nc2cccc([C@@H](CC(=O)[O-])NC(=O)Nc3ccc(NC(=O)NCCOCCOCCOCCC(=O)N[C@@H](CC(=O)[O-])C(=O)N4CCC[C@H]4C(=O)N[C@H](C(=O)N=[S@](C)(=O)Cc4cc5nc(c4)O[C@@H](C)CCCCOc4cc(F)ccc4-c4cc(ncc4F)N5)C(C)C)cc3)c2)c1.[Na+].[Na+]. The van der Waals surface area contributed by atoms with Crippen LogP contribution in [0.3, 0.4) is 0 Å². The van der Waals surface area contributed by atoms with Gasteiger partial charge in [-0.05, 0) is 141 Å². The zero-order valence-electron chi connectivity index (χ0n) is 63.7. The number of amides is 10. The number of pyridine rings is 2. The molecule has 0 spiro atoms. The van der Waals surface area contributed by atoms with E-state index in [9.17, 15) is 70.4 Å². The molecule has 10 amide bonds. The smallest absolute Gasteiger partial charge is 0.550 e. The summed E-state index contributed by atoms with van der Waals surface area (Å²) >= 11 is 0. The van der Waals surface area contributed by atoms with E-state index in [-0.39, 0.29) is 200 Å². The predicted octanol–water partition coefficient (Wildman–Crippen LogP) is -0.0189. The Kier molecular flexibility index (Phi) is 37.5. The van der Waals surface area contributed by atoms with Gasteiger partial charge in [0.15, 0.2) is 0 Å². The maximum absolute atomic E-state index is 15.4. The number of carboxylic acids is 2. The Labute approximate surface area is 697 Å². The molecule has 6 atom stereocenters. The maximum Gasteiger partial charge on any atom is 1.00 e. The summed E-state index contributed by atoms with van der Waals surface area (Å²) in [4.78, 5) is 126. The van der Waals surface area contributed by atoms with Crippen molar-refractivity contribution in [1.82, 2.24) is 41.5 Å². The number of fused-ring (bicyclic) bond motifs is 6. The predicted molar refractivity (Wildman–Crippen MR) is 401 cm³/mol. The normalized spacial score (nSPS) is 15.2. The van der Waals surface area contributed by atoms with Crippen LogP contribution in [-0.2, 0) is 68.5 Å². The first-order chi connectivity index (χ1) is 53.0. The third-order valence-corrected chi connectivity index (χ3v) is 19.7. The van der Waals surface area contributed by atoms with E-state index in [2.05, 4.69) is 66.9 Å². The van der Waals surface area contributed by atoms with E-state index in [0.717, 1.165) is 11.1 Å². The van der Waals surface area contributed by atoms with E-state index in [1.807, 2.05) is 13.8 Å². The number of sulfonamides is 1. The molecule has 1 fully saturated rings. The summed E-state index contributed by atoms with van der Waals surface area (Å²) in [7, 11) is -7.64. The first-order valence-electron chi connectivity index (χ1n) is 35.8. The molecule has 10 N–H and O–H groups in total. The van der Waals surface area contributed by atoms with E-state index < -0.39 is 128 Å². The number of anilines is 6. The topological polar surface area (TPSA) is 459 Å². The van der Waals surface area contributed by atoms with Crippen molar-refractivity contribution in [3.8, 4) is 22.8 Å². The number of carbonyl (C=O) groups excluding carboxylic acids is 9. The maximum atomic E-state index is 15.4. The van der Waals surface area contributed by atoms with E-state index >= 15 is 4.39 Å². The summed E-state index contributed by atoms with van der Waals surface area (Å²) in [6.45, 7) is 8.12. The number of ether oxygens (including phenoxy) is 5. The Bertz CT molecular complexity index is 4550. The summed E-state index contributed by atoms with van der Waals surface area (Å²) in [5.74, 6) is -8.04. The monoisotopic (exact) mass is 1630 g/mol. The second-order valence-corrected chi connectivity index (χ2v) is 30.4. The molecule has 33 nitrogen and oxygen atoms in total.